The maximum absolute atomic E-state index is 10.7. The van der Waals surface area contributed by atoms with Gasteiger partial charge in [-0.15, -0.1) is 0 Å². The van der Waals surface area contributed by atoms with Crippen molar-refractivity contribution in [3.63, 3.8) is 0 Å². The molecule has 22 heavy (non-hydrogen) atoms. The van der Waals surface area contributed by atoms with E-state index in [0.717, 1.165) is 38.3 Å². The van der Waals surface area contributed by atoms with Crippen LogP contribution in [0.4, 0.5) is 5.69 Å². The minimum atomic E-state index is -0.407. The van der Waals surface area contributed by atoms with E-state index in [-0.39, 0.29) is 5.69 Å². The van der Waals surface area contributed by atoms with Crippen LogP contribution in [0.2, 0.25) is 0 Å². The van der Waals surface area contributed by atoms with E-state index in [0.29, 0.717) is 6.67 Å². The molecular weight excluding hydrogens is 280 g/mol. The van der Waals surface area contributed by atoms with Crippen molar-refractivity contribution in [3.8, 4) is 0 Å². The van der Waals surface area contributed by atoms with E-state index in [1.165, 1.54) is 18.0 Å². The lowest BCUT2D eigenvalue weighted by molar-refractivity contribution is -0.385. The van der Waals surface area contributed by atoms with Crippen LogP contribution >= 0.6 is 0 Å². The minimum absolute atomic E-state index is 0.0546. The number of likely N-dealkylation sites (tertiary alicyclic amines) is 1. The summed E-state index contributed by atoms with van der Waals surface area (Å²) in [5.74, 6) is 0.727. The van der Waals surface area contributed by atoms with Crippen molar-refractivity contribution < 1.29 is 4.92 Å². The van der Waals surface area contributed by atoms with Crippen LogP contribution in [-0.4, -0.2) is 32.7 Å². The fourth-order valence-electron chi connectivity index (χ4n) is 3.01. The SMILES string of the molecule is O=[N+]([O-])c1cnn(CN2CCC(Cc3ccccc3)CC2)c1. The highest BCUT2D eigenvalue weighted by atomic mass is 16.6. The van der Waals surface area contributed by atoms with Crippen LogP contribution in [0.15, 0.2) is 42.7 Å². The zero-order valence-electron chi connectivity index (χ0n) is 12.5. The third-order valence-electron chi connectivity index (χ3n) is 4.25. The van der Waals surface area contributed by atoms with E-state index in [9.17, 15) is 10.1 Å². The van der Waals surface area contributed by atoms with Gasteiger partial charge >= 0.3 is 5.69 Å². The quantitative estimate of drug-likeness (QED) is 0.629. The predicted molar refractivity (Wildman–Crippen MR) is 83.3 cm³/mol. The summed E-state index contributed by atoms with van der Waals surface area (Å²) in [6.07, 6.45) is 6.27. The summed E-state index contributed by atoms with van der Waals surface area (Å²) < 4.78 is 1.65. The molecule has 0 bridgehead atoms. The molecule has 1 fully saturated rings. The van der Waals surface area contributed by atoms with Crippen molar-refractivity contribution >= 4 is 5.69 Å². The molecule has 2 heterocycles. The number of piperidine rings is 1. The van der Waals surface area contributed by atoms with Crippen molar-refractivity contribution in [2.24, 2.45) is 5.92 Å². The molecule has 2 aromatic rings. The van der Waals surface area contributed by atoms with Gasteiger partial charge < -0.3 is 0 Å². The second-order valence-corrected chi connectivity index (χ2v) is 5.89. The molecule has 0 amide bonds. The number of aromatic nitrogens is 2. The molecule has 0 N–H and O–H groups in total. The smallest absolute Gasteiger partial charge is 0.284 e. The molecule has 6 heteroatoms. The van der Waals surface area contributed by atoms with Crippen molar-refractivity contribution in [2.75, 3.05) is 13.1 Å². The number of hydrogen-bond donors (Lipinski definition) is 0. The van der Waals surface area contributed by atoms with Gasteiger partial charge in [0.25, 0.3) is 0 Å². The van der Waals surface area contributed by atoms with Gasteiger partial charge in [0.05, 0.1) is 11.6 Å². The molecule has 0 saturated carbocycles. The third-order valence-corrected chi connectivity index (χ3v) is 4.25. The zero-order valence-corrected chi connectivity index (χ0v) is 12.5. The summed E-state index contributed by atoms with van der Waals surface area (Å²) in [5.41, 5.74) is 1.46. The van der Waals surface area contributed by atoms with Gasteiger partial charge in [-0.25, -0.2) is 0 Å². The van der Waals surface area contributed by atoms with Crippen LogP contribution < -0.4 is 0 Å². The average molecular weight is 300 g/mol. The second kappa shape index (κ2) is 6.70. The Bertz CT molecular complexity index is 618. The van der Waals surface area contributed by atoms with Gasteiger partial charge in [0, 0.05) is 13.1 Å². The van der Waals surface area contributed by atoms with Crippen molar-refractivity contribution in [1.29, 1.82) is 0 Å². The molecule has 116 valence electrons. The number of rotatable bonds is 5. The molecule has 1 aromatic heterocycles. The van der Waals surface area contributed by atoms with Crippen LogP contribution in [0.1, 0.15) is 18.4 Å². The van der Waals surface area contributed by atoms with Crippen LogP contribution in [0.5, 0.6) is 0 Å². The summed E-state index contributed by atoms with van der Waals surface area (Å²) in [6.45, 7) is 2.67. The van der Waals surface area contributed by atoms with E-state index in [2.05, 4.69) is 40.3 Å². The first kappa shape index (κ1) is 14.7. The summed E-state index contributed by atoms with van der Waals surface area (Å²) in [5, 5.41) is 14.7. The highest BCUT2D eigenvalue weighted by Crippen LogP contribution is 2.22. The van der Waals surface area contributed by atoms with Crippen molar-refractivity contribution in [2.45, 2.75) is 25.9 Å². The summed E-state index contributed by atoms with van der Waals surface area (Å²) in [6, 6.07) is 10.6. The van der Waals surface area contributed by atoms with E-state index in [1.54, 1.807) is 4.68 Å². The molecule has 0 radical (unpaired) electrons. The summed E-state index contributed by atoms with van der Waals surface area (Å²) in [4.78, 5) is 12.6. The molecule has 6 nitrogen and oxygen atoms in total. The Labute approximate surface area is 129 Å². The Hall–Kier alpha value is -2.21. The van der Waals surface area contributed by atoms with E-state index in [1.807, 2.05) is 0 Å². The first-order valence-corrected chi connectivity index (χ1v) is 7.64. The van der Waals surface area contributed by atoms with Crippen LogP contribution in [0, 0.1) is 16.0 Å². The van der Waals surface area contributed by atoms with Crippen LogP contribution in [0.25, 0.3) is 0 Å². The maximum atomic E-state index is 10.7. The molecule has 1 aliphatic rings. The molecule has 0 aliphatic carbocycles. The largest absolute Gasteiger partial charge is 0.307 e. The molecule has 1 aliphatic heterocycles. The minimum Gasteiger partial charge on any atom is -0.284 e. The fourth-order valence-corrected chi connectivity index (χ4v) is 3.01. The maximum Gasteiger partial charge on any atom is 0.307 e. The Morgan fingerprint density at radius 2 is 1.95 bits per heavy atom. The Morgan fingerprint density at radius 1 is 1.23 bits per heavy atom. The predicted octanol–water partition coefficient (Wildman–Crippen LogP) is 2.70. The van der Waals surface area contributed by atoms with Gasteiger partial charge in [0.2, 0.25) is 0 Å². The van der Waals surface area contributed by atoms with Crippen LogP contribution in [-0.2, 0) is 13.1 Å². The molecule has 0 unspecified atom stereocenters. The molecule has 1 aromatic carbocycles. The van der Waals surface area contributed by atoms with Crippen molar-refractivity contribution in [3.05, 3.63) is 58.4 Å². The lowest BCUT2D eigenvalue weighted by Gasteiger charge is -2.31. The monoisotopic (exact) mass is 300 g/mol. The molecular formula is C16H20N4O2. The average Bonchev–Trinajstić information content (AvgIpc) is 2.99. The number of nitrogens with zero attached hydrogens (tertiary/aromatic N) is 4. The second-order valence-electron chi connectivity index (χ2n) is 5.89. The Balaban J connectivity index is 1.48. The van der Waals surface area contributed by atoms with Gasteiger partial charge in [0.1, 0.15) is 12.4 Å². The standard InChI is InChI=1S/C16H20N4O2/c21-20(22)16-11-17-19(12-16)13-18-8-6-15(7-9-18)10-14-4-2-1-3-5-14/h1-5,11-12,15H,6-10,13H2. The highest BCUT2D eigenvalue weighted by molar-refractivity contribution is 5.20. The van der Waals surface area contributed by atoms with Crippen LogP contribution in [0.3, 0.4) is 0 Å². The molecule has 0 atom stereocenters. The summed E-state index contributed by atoms with van der Waals surface area (Å²) in [7, 11) is 0. The van der Waals surface area contributed by atoms with Gasteiger partial charge in [-0.3, -0.25) is 19.7 Å². The first-order chi connectivity index (χ1) is 10.7. The molecule has 0 spiro atoms. The number of hydrogen-bond acceptors (Lipinski definition) is 4. The van der Waals surface area contributed by atoms with E-state index >= 15 is 0 Å². The van der Waals surface area contributed by atoms with Gasteiger partial charge in [-0.05, 0) is 30.7 Å². The van der Waals surface area contributed by atoms with E-state index < -0.39 is 4.92 Å². The lowest BCUT2D eigenvalue weighted by atomic mass is 9.90. The highest BCUT2D eigenvalue weighted by Gasteiger charge is 2.20. The van der Waals surface area contributed by atoms with Gasteiger partial charge in [0.15, 0.2) is 0 Å². The van der Waals surface area contributed by atoms with Crippen molar-refractivity contribution in [1.82, 2.24) is 14.7 Å². The number of nitro groups is 1. The van der Waals surface area contributed by atoms with Gasteiger partial charge in [-0.2, -0.15) is 5.10 Å². The topological polar surface area (TPSA) is 64.2 Å². The Kier molecular flexibility index (Phi) is 4.48. The zero-order chi connectivity index (χ0) is 15.4. The Morgan fingerprint density at radius 3 is 2.59 bits per heavy atom. The fraction of sp³-hybridized carbons (Fsp3) is 0.438. The first-order valence-electron chi connectivity index (χ1n) is 7.64. The normalized spacial score (nSPS) is 16.7. The number of benzene rings is 1. The van der Waals surface area contributed by atoms with Gasteiger partial charge in [-0.1, -0.05) is 30.3 Å². The lowest BCUT2D eigenvalue weighted by Crippen LogP contribution is -2.35. The summed E-state index contributed by atoms with van der Waals surface area (Å²) >= 11 is 0. The third kappa shape index (κ3) is 3.71. The molecule has 1 saturated heterocycles. The molecule has 3 rings (SSSR count). The van der Waals surface area contributed by atoms with E-state index in [4.69, 9.17) is 0 Å².